The van der Waals surface area contributed by atoms with Gasteiger partial charge in [-0.25, -0.2) is 4.68 Å². The van der Waals surface area contributed by atoms with Crippen molar-refractivity contribution in [1.82, 2.24) is 9.78 Å². The highest BCUT2D eigenvalue weighted by Gasteiger charge is 2.36. The maximum Gasteiger partial charge on any atom is 0.435 e. The summed E-state index contributed by atoms with van der Waals surface area (Å²) in [6.45, 7) is 2.00. The Balaban J connectivity index is 2.23. The first-order valence-corrected chi connectivity index (χ1v) is 5.23. The Hall–Kier alpha value is -1.04. The first-order chi connectivity index (χ1) is 7.48. The molecule has 90 valence electrons. The molecule has 0 bridgehead atoms. The highest BCUT2D eigenvalue weighted by Crippen LogP contribution is 2.32. The highest BCUT2D eigenvalue weighted by atomic mass is 19.4. The van der Waals surface area contributed by atoms with E-state index in [0.717, 1.165) is 19.3 Å². The lowest BCUT2D eigenvalue weighted by Gasteiger charge is -2.22. The Morgan fingerprint density at radius 2 is 2.19 bits per heavy atom. The van der Waals surface area contributed by atoms with Gasteiger partial charge in [0.1, 0.15) is 6.23 Å². The number of aromatic nitrogens is 2. The average molecular weight is 234 g/mol. The molecular formula is C10H13F3N2O. The molecule has 1 fully saturated rings. The van der Waals surface area contributed by atoms with Crippen LogP contribution >= 0.6 is 0 Å². The largest absolute Gasteiger partial charge is 0.435 e. The summed E-state index contributed by atoms with van der Waals surface area (Å²) in [7, 11) is 0. The molecule has 6 heteroatoms. The number of hydrogen-bond acceptors (Lipinski definition) is 2. The molecule has 1 aliphatic heterocycles. The van der Waals surface area contributed by atoms with Gasteiger partial charge >= 0.3 is 6.18 Å². The van der Waals surface area contributed by atoms with Gasteiger partial charge in [-0.1, -0.05) is 0 Å². The number of ether oxygens (including phenoxy) is 1. The van der Waals surface area contributed by atoms with E-state index >= 15 is 0 Å². The Bertz CT molecular complexity index is 367. The molecule has 0 aliphatic carbocycles. The van der Waals surface area contributed by atoms with Gasteiger partial charge in [0.2, 0.25) is 0 Å². The lowest BCUT2D eigenvalue weighted by molar-refractivity contribution is -0.142. The molecule has 0 radical (unpaired) electrons. The van der Waals surface area contributed by atoms with E-state index in [1.54, 1.807) is 0 Å². The van der Waals surface area contributed by atoms with Crippen molar-refractivity contribution >= 4 is 0 Å². The van der Waals surface area contributed by atoms with Gasteiger partial charge in [0.15, 0.2) is 5.69 Å². The zero-order valence-electron chi connectivity index (χ0n) is 8.92. The van der Waals surface area contributed by atoms with Crippen LogP contribution in [0.15, 0.2) is 6.20 Å². The second-order valence-electron chi connectivity index (χ2n) is 3.96. The van der Waals surface area contributed by atoms with Crippen molar-refractivity contribution in [2.24, 2.45) is 0 Å². The topological polar surface area (TPSA) is 27.1 Å². The standard InChI is InChI=1S/C10H13F3N2O/c1-7-6-15(8-4-2-3-5-16-8)14-9(7)10(11,12)13/h6,8H,2-5H2,1H3. The lowest BCUT2D eigenvalue weighted by atomic mass is 10.2. The molecule has 1 unspecified atom stereocenters. The summed E-state index contributed by atoms with van der Waals surface area (Å²) in [5.74, 6) is 0. The van der Waals surface area contributed by atoms with Gasteiger partial charge in [0.25, 0.3) is 0 Å². The van der Waals surface area contributed by atoms with Crippen molar-refractivity contribution in [2.75, 3.05) is 6.61 Å². The van der Waals surface area contributed by atoms with Crippen LogP contribution < -0.4 is 0 Å². The van der Waals surface area contributed by atoms with Gasteiger partial charge in [-0.2, -0.15) is 18.3 Å². The predicted molar refractivity (Wildman–Crippen MR) is 50.8 cm³/mol. The monoisotopic (exact) mass is 234 g/mol. The molecule has 16 heavy (non-hydrogen) atoms. The number of hydrogen-bond donors (Lipinski definition) is 0. The second kappa shape index (κ2) is 4.08. The van der Waals surface area contributed by atoms with Gasteiger partial charge < -0.3 is 4.74 Å². The van der Waals surface area contributed by atoms with Gasteiger partial charge in [0, 0.05) is 12.8 Å². The van der Waals surface area contributed by atoms with E-state index in [9.17, 15) is 13.2 Å². The van der Waals surface area contributed by atoms with E-state index in [1.807, 2.05) is 0 Å². The SMILES string of the molecule is Cc1cn(C2CCCCO2)nc1C(F)(F)F. The first-order valence-electron chi connectivity index (χ1n) is 5.23. The average Bonchev–Trinajstić information content (AvgIpc) is 2.61. The molecule has 0 aromatic carbocycles. The fourth-order valence-electron chi connectivity index (χ4n) is 1.84. The molecule has 1 saturated heterocycles. The summed E-state index contributed by atoms with van der Waals surface area (Å²) in [5.41, 5.74) is -0.677. The summed E-state index contributed by atoms with van der Waals surface area (Å²) in [5, 5.41) is 3.57. The maximum absolute atomic E-state index is 12.5. The van der Waals surface area contributed by atoms with Crippen molar-refractivity contribution < 1.29 is 17.9 Å². The molecule has 0 saturated carbocycles. The van der Waals surface area contributed by atoms with Gasteiger partial charge in [0.05, 0.1) is 0 Å². The summed E-state index contributed by atoms with van der Waals surface area (Å²) in [4.78, 5) is 0. The maximum atomic E-state index is 12.5. The van der Waals surface area contributed by atoms with Crippen molar-refractivity contribution in [2.45, 2.75) is 38.6 Å². The minimum atomic E-state index is -4.38. The van der Waals surface area contributed by atoms with E-state index in [0.29, 0.717) is 6.61 Å². The zero-order chi connectivity index (χ0) is 11.8. The fraction of sp³-hybridized carbons (Fsp3) is 0.700. The van der Waals surface area contributed by atoms with E-state index in [1.165, 1.54) is 17.8 Å². The number of nitrogens with zero attached hydrogens (tertiary/aromatic N) is 2. The number of aryl methyl sites for hydroxylation is 1. The zero-order valence-corrected chi connectivity index (χ0v) is 8.92. The van der Waals surface area contributed by atoms with Gasteiger partial charge in [-0.05, 0) is 31.7 Å². The summed E-state index contributed by atoms with van der Waals surface area (Å²) >= 11 is 0. The fourth-order valence-corrected chi connectivity index (χ4v) is 1.84. The molecule has 1 aromatic heterocycles. The number of rotatable bonds is 1. The minimum Gasteiger partial charge on any atom is -0.357 e. The molecule has 0 spiro atoms. The van der Waals surface area contributed by atoms with Crippen molar-refractivity contribution in [3.8, 4) is 0 Å². The van der Waals surface area contributed by atoms with Crippen LogP contribution in [0.2, 0.25) is 0 Å². The van der Waals surface area contributed by atoms with Crippen LogP contribution in [0.4, 0.5) is 13.2 Å². The first kappa shape index (κ1) is 11.4. The van der Waals surface area contributed by atoms with Crippen LogP contribution in [-0.2, 0) is 10.9 Å². The second-order valence-corrected chi connectivity index (χ2v) is 3.96. The van der Waals surface area contributed by atoms with E-state index < -0.39 is 11.9 Å². The molecule has 0 N–H and O–H groups in total. The Labute approximate surface area is 91.2 Å². The van der Waals surface area contributed by atoms with Crippen LogP contribution in [0.3, 0.4) is 0 Å². The molecule has 2 heterocycles. The molecule has 2 rings (SSSR count). The van der Waals surface area contributed by atoms with Crippen LogP contribution in [-0.4, -0.2) is 16.4 Å². The quantitative estimate of drug-likeness (QED) is 0.747. The predicted octanol–water partition coefficient (Wildman–Crippen LogP) is 2.91. The molecule has 1 atom stereocenters. The number of halogens is 3. The van der Waals surface area contributed by atoms with Crippen molar-refractivity contribution in [1.29, 1.82) is 0 Å². The molecular weight excluding hydrogens is 221 g/mol. The summed E-state index contributed by atoms with van der Waals surface area (Å²) in [6, 6.07) is 0. The van der Waals surface area contributed by atoms with E-state index in [2.05, 4.69) is 5.10 Å². The Kier molecular flexibility index (Phi) is 2.92. The van der Waals surface area contributed by atoms with Crippen LogP contribution in [0.1, 0.15) is 36.7 Å². The third-order valence-electron chi connectivity index (χ3n) is 2.63. The lowest BCUT2D eigenvalue weighted by Crippen LogP contribution is -2.19. The third kappa shape index (κ3) is 2.21. The molecule has 3 nitrogen and oxygen atoms in total. The van der Waals surface area contributed by atoms with Gasteiger partial charge in [-0.15, -0.1) is 0 Å². The minimum absolute atomic E-state index is 0.140. The summed E-state index contributed by atoms with van der Waals surface area (Å²) < 4.78 is 44.2. The molecule has 1 aromatic rings. The van der Waals surface area contributed by atoms with Crippen LogP contribution in [0.25, 0.3) is 0 Å². The summed E-state index contributed by atoms with van der Waals surface area (Å²) in [6.07, 6.45) is -0.682. The van der Waals surface area contributed by atoms with Crippen molar-refractivity contribution in [3.05, 3.63) is 17.5 Å². The van der Waals surface area contributed by atoms with Crippen LogP contribution in [0.5, 0.6) is 0 Å². The highest BCUT2D eigenvalue weighted by molar-refractivity contribution is 5.18. The Morgan fingerprint density at radius 1 is 1.44 bits per heavy atom. The van der Waals surface area contributed by atoms with Gasteiger partial charge in [-0.3, -0.25) is 0 Å². The Morgan fingerprint density at radius 3 is 2.69 bits per heavy atom. The van der Waals surface area contributed by atoms with E-state index in [4.69, 9.17) is 4.74 Å². The molecule has 1 aliphatic rings. The number of alkyl halides is 3. The normalized spacial score (nSPS) is 22.4. The smallest absolute Gasteiger partial charge is 0.357 e. The van der Waals surface area contributed by atoms with Crippen LogP contribution in [0, 0.1) is 6.92 Å². The van der Waals surface area contributed by atoms with Crippen molar-refractivity contribution in [3.63, 3.8) is 0 Å². The molecule has 0 amide bonds. The third-order valence-corrected chi connectivity index (χ3v) is 2.63. The van der Waals surface area contributed by atoms with E-state index in [-0.39, 0.29) is 11.8 Å².